The van der Waals surface area contributed by atoms with Gasteiger partial charge >= 0.3 is 0 Å². The van der Waals surface area contributed by atoms with Gasteiger partial charge in [0.1, 0.15) is 5.82 Å². The largest absolute Gasteiger partial charge is 0.354 e. The smallest absolute Gasteiger partial charge is 0.239 e. The van der Waals surface area contributed by atoms with Crippen molar-refractivity contribution in [1.82, 2.24) is 10.3 Å². The zero-order valence-corrected chi connectivity index (χ0v) is 10.1. The van der Waals surface area contributed by atoms with E-state index < -0.39 is 0 Å². The first kappa shape index (κ1) is 11.9. The Hall–Kier alpha value is -1.62. The number of pyridine rings is 1. The standard InChI is InChI=1S/C12H18N4O/c1-9-3-4-10(7-13)12(15-9)16-6-2-5-14-11(17)8-16/h3-4H,2,5-8,13H2,1H3,(H,14,17). The molecule has 1 aliphatic rings. The molecule has 1 aliphatic heterocycles. The fourth-order valence-electron chi connectivity index (χ4n) is 1.99. The second-order valence-corrected chi connectivity index (χ2v) is 4.26. The molecule has 0 aromatic carbocycles. The van der Waals surface area contributed by atoms with Gasteiger partial charge in [-0.15, -0.1) is 0 Å². The normalized spacial score (nSPS) is 16.6. The highest BCUT2D eigenvalue weighted by molar-refractivity contribution is 5.81. The van der Waals surface area contributed by atoms with Crippen LogP contribution in [0.1, 0.15) is 17.7 Å². The van der Waals surface area contributed by atoms with Crippen molar-refractivity contribution in [2.24, 2.45) is 5.73 Å². The van der Waals surface area contributed by atoms with Crippen LogP contribution < -0.4 is 16.0 Å². The average Bonchev–Trinajstić information content (AvgIpc) is 2.54. The summed E-state index contributed by atoms with van der Waals surface area (Å²) in [5.74, 6) is 0.901. The summed E-state index contributed by atoms with van der Waals surface area (Å²) in [6, 6.07) is 3.93. The van der Waals surface area contributed by atoms with E-state index in [1.807, 2.05) is 24.0 Å². The molecule has 1 amide bonds. The molecule has 0 unspecified atom stereocenters. The molecule has 17 heavy (non-hydrogen) atoms. The molecule has 3 N–H and O–H groups in total. The highest BCUT2D eigenvalue weighted by Gasteiger charge is 2.18. The van der Waals surface area contributed by atoms with Crippen molar-refractivity contribution in [2.75, 3.05) is 24.5 Å². The zero-order chi connectivity index (χ0) is 12.3. The van der Waals surface area contributed by atoms with E-state index in [9.17, 15) is 4.79 Å². The third-order valence-electron chi connectivity index (χ3n) is 2.88. The van der Waals surface area contributed by atoms with Crippen LogP contribution in [0.2, 0.25) is 0 Å². The summed E-state index contributed by atoms with van der Waals surface area (Å²) in [6.45, 7) is 4.33. The number of aromatic nitrogens is 1. The van der Waals surface area contributed by atoms with Crippen molar-refractivity contribution in [2.45, 2.75) is 19.9 Å². The van der Waals surface area contributed by atoms with Gasteiger partial charge in [0.05, 0.1) is 6.54 Å². The summed E-state index contributed by atoms with van der Waals surface area (Å²) in [4.78, 5) is 18.1. The van der Waals surface area contributed by atoms with Crippen molar-refractivity contribution < 1.29 is 4.79 Å². The van der Waals surface area contributed by atoms with Gasteiger partial charge in [-0.1, -0.05) is 6.07 Å². The van der Waals surface area contributed by atoms with E-state index in [-0.39, 0.29) is 5.91 Å². The number of anilines is 1. The topological polar surface area (TPSA) is 71.2 Å². The summed E-state index contributed by atoms with van der Waals surface area (Å²) < 4.78 is 0. The Morgan fingerprint density at radius 1 is 1.53 bits per heavy atom. The summed E-state index contributed by atoms with van der Waals surface area (Å²) in [5, 5.41) is 2.86. The number of aryl methyl sites for hydroxylation is 1. The molecule has 0 spiro atoms. The van der Waals surface area contributed by atoms with Crippen LogP contribution in [-0.4, -0.2) is 30.5 Å². The molecule has 1 saturated heterocycles. The molecule has 1 aromatic heterocycles. The van der Waals surface area contributed by atoms with Crippen molar-refractivity contribution in [3.8, 4) is 0 Å². The maximum Gasteiger partial charge on any atom is 0.239 e. The second kappa shape index (κ2) is 5.14. The third kappa shape index (κ3) is 2.74. The zero-order valence-electron chi connectivity index (χ0n) is 10.1. The van der Waals surface area contributed by atoms with E-state index in [1.165, 1.54) is 0 Å². The Morgan fingerprint density at radius 2 is 2.35 bits per heavy atom. The van der Waals surface area contributed by atoms with Gasteiger partial charge in [0.2, 0.25) is 5.91 Å². The number of rotatable bonds is 2. The predicted octanol–water partition coefficient (Wildman–Crippen LogP) is 0.175. The number of carbonyl (C=O) groups excluding carboxylic acids is 1. The molecule has 1 aromatic rings. The van der Waals surface area contributed by atoms with Gasteiger partial charge < -0.3 is 16.0 Å². The number of carbonyl (C=O) groups is 1. The molecule has 0 aliphatic carbocycles. The van der Waals surface area contributed by atoms with E-state index in [1.54, 1.807) is 0 Å². The van der Waals surface area contributed by atoms with Crippen LogP contribution in [-0.2, 0) is 11.3 Å². The minimum Gasteiger partial charge on any atom is -0.354 e. The van der Waals surface area contributed by atoms with E-state index >= 15 is 0 Å². The summed E-state index contributed by atoms with van der Waals surface area (Å²) >= 11 is 0. The molecule has 2 heterocycles. The molecule has 92 valence electrons. The lowest BCUT2D eigenvalue weighted by Crippen LogP contribution is -2.34. The van der Waals surface area contributed by atoms with Gasteiger partial charge in [0.25, 0.3) is 0 Å². The van der Waals surface area contributed by atoms with Gasteiger partial charge in [-0.2, -0.15) is 0 Å². The Labute approximate surface area is 101 Å². The van der Waals surface area contributed by atoms with Gasteiger partial charge in [-0.05, 0) is 19.4 Å². The molecule has 5 heteroatoms. The average molecular weight is 234 g/mol. The minimum absolute atomic E-state index is 0.0498. The van der Waals surface area contributed by atoms with Crippen LogP contribution in [0.4, 0.5) is 5.82 Å². The molecule has 2 rings (SSSR count). The number of nitrogens with zero attached hydrogens (tertiary/aromatic N) is 2. The maximum atomic E-state index is 11.5. The molecule has 0 saturated carbocycles. The quantitative estimate of drug-likeness (QED) is 0.765. The van der Waals surface area contributed by atoms with Crippen LogP contribution in [0, 0.1) is 6.92 Å². The Bertz CT molecular complexity index is 419. The second-order valence-electron chi connectivity index (χ2n) is 4.26. The fraction of sp³-hybridized carbons (Fsp3) is 0.500. The molecular weight excluding hydrogens is 216 g/mol. The maximum absolute atomic E-state index is 11.5. The molecule has 0 radical (unpaired) electrons. The van der Waals surface area contributed by atoms with E-state index in [0.717, 1.165) is 36.6 Å². The van der Waals surface area contributed by atoms with Crippen molar-refractivity contribution in [3.05, 3.63) is 23.4 Å². The number of hydrogen-bond donors (Lipinski definition) is 2. The van der Waals surface area contributed by atoms with Crippen molar-refractivity contribution >= 4 is 11.7 Å². The monoisotopic (exact) mass is 234 g/mol. The lowest BCUT2D eigenvalue weighted by Gasteiger charge is -2.23. The first-order chi connectivity index (χ1) is 8.20. The summed E-state index contributed by atoms with van der Waals surface area (Å²) in [5.41, 5.74) is 7.65. The Kier molecular flexibility index (Phi) is 3.58. The lowest BCUT2D eigenvalue weighted by molar-refractivity contribution is -0.119. The molecule has 5 nitrogen and oxygen atoms in total. The summed E-state index contributed by atoms with van der Waals surface area (Å²) in [7, 11) is 0. The predicted molar refractivity (Wildman–Crippen MR) is 66.7 cm³/mol. The highest BCUT2D eigenvalue weighted by Crippen LogP contribution is 2.19. The van der Waals surface area contributed by atoms with Crippen LogP contribution in [0.3, 0.4) is 0 Å². The first-order valence-corrected chi connectivity index (χ1v) is 5.89. The third-order valence-corrected chi connectivity index (χ3v) is 2.88. The molecular formula is C12H18N4O. The highest BCUT2D eigenvalue weighted by atomic mass is 16.2. The van der Waals surface area contributed by atoms with Crippen molar-refractivity contribution in [3.63, 3.8) is 0 Å². The number of nitrogens with one attached hydrogen (secondary N) is 1. The Balaban J connectivity index is 2.30. The van der Waals surface area contributed by atoms with Crippen LogP contribution in [0.15, 0.2) is 12.1 Å². The van der Waals surface area contributed by atoms with Crippen LogP contribution in [0.25, 0.3) is 0 Å². The number of hydrogen-bond acceptors (Lipinski definition) is 4. The first-order valence-electron chi connectivity index (χ1n) is 5.89. The molecule has 0 bridgehead atoms. The molecule has 0 atom stereocenters. The van der Waals surface area contributed by atoms with Gasteiger partial charge in [-0.3, -0.25) is 4.79 Å². The van der Waals surface area contributed by atoms with Gasteiger partial charge in [-0.25, -0.2) is 4.98 Å². The van der Waals surface area contributed by atoms with Gasteiger partial charge in [0.15, 0.2) is 0 Å². The van der Waals surface area contributed by atoms with E-state index in [2.05, 4.69) is 10.3 Å². The minimum atomic E-state index is 0.0498. The number of nitrogens with two attached hydrogens (primary N) is 1. The van der Waals surface area contributed by atoms with Crippen molar-refractivity contribution in [1.29, 1.82) is 0 Å². The lowest BCUT2D eigenvalue weighted by atomic mass is 10.2. The van der Waals surface area contributed by atoms with E-state index in [4.69, 9.17) is 5.73 Å². The van der Waals surface area contributed by atoms with E-state index in [0.29, 0.717) is 13.1 Å². The number of amides is 1. The van der Waals surface area contributed by atoms with Crippen LogP contribution in [0.5, 0.6) is 0 Å². The van der Waals surface area contributed by atoms with Gasteiger partial charge in [0, 0.05) is 30.9 Å². The fourth-order valence-corrected chi connectivity index (χ4v) is 1.99. The molecule has 1 fully saturated rings. The summed E-state index contributed by atoms with van der Waals surface area (Å²) in [6.07, 6.45) is 0.936. The SMILES string of the molecule is Cc1ccc(CN)c(N2CCCNC(=O)C2)n1. The Morgan fingerprint density at radius 3 is 3.12 bits per heavy atom. The van der Waals surface area contributed by atoms with Crippen LogP contribution >= 0.6 is 0 Å².